The van der Waals surface area contributed by atoms with Gasteiger partial charge in [-0.15, -0.1) is 0 Å². The highest BCUT2D eigenvalue weighted by Gasteiger charge is 2.32. The molecule has 5 heteroatoms. The van der Waals surface area contributed by atoms with Crippen molar-refractivity contribution in [3.05, 3.63) is 35.6 Å². The molecule has 2 unspecified atom stereocenters. The maximum absolute atomic E-state index is 12.9. The van der Waals surface area contributed by atoms with Gasteiger partial charge in [0.05, 0.1) is 6.42 Å². The van der Waals surface area contributed by atoms with Crippen molar-refractivity contribution in [2.24, 2.45) is 0 Å². The van der Waals surface area contributed by atoms with Crippen LogP contribution in [0.5, 0.6) is 0 Å². The van der Waals surface area contributed by atoms with Crippen LogP contribution in [0, 0.1) is 5.82 Å². The topological polar surface area (TPSA) is 57.6 Å². The van der Waals surface area contributed by atoms with E-state index in [2.05, 4.69) is 0 Å². The molecule has 4 nitrogen and oxygen atoms in total. The van der Waals surface area contributed by atoms with Gasteiger partial charge in [-0.3, -0.25) is 9.59 Å². The van der Waals surface area contributed by atoms with Gasteiger partial charge in [0.15, 0.2) is 0 Å². The summed E-state index contributed by atoms with van der Waals surface area (Å²) in [6.45, 7) is 2.54. The Bertz CT molecular complexity index is 500. The summed E-state index contributed by atoms with van der Waals surface area (Å²) in [7, 11) is 0. The second kappa shape index (κ2) is 6.03. The number of benzene rings is 1. The molecule has 2 atom stereocenters. The Hall–Kier alpha value is -1.91. The number of carboxylic acids is 1. The lowest BCUT2D eigenvalue weighted by Gasteiger charge is -2.21. The largest absolute Gasteiger partial charge is 0.481 e. The summed E-state index contributed by atoms with van der Waals surface area (Å²) in [5.41, 5.74) is 1.02. The predicted octanol–water partition coefficient (Wildman–Crippen LogP) is 2.39. The molecule has 1 saturated heterocycles. The van der Waals surface area contributed by atoms with Gasteiger partial charge in [-0.25, -0.2) is 4.39 Å². The van der Waals surface area contributed by atoms with Crippen LogP contribution in [0.15, 0.2) is 24.3 Å². The van der Waals surface area contributed by atoms with E-state index in [4.69, 9.17) is 5.11 Å². The van der Waals surface area contributed by atoms with Gasteiger partial charge in [-0.05, 0) is 31.0 Å². The number of rotatable bonds is 4. The molecule has 1 aromatic carbocycles. The second-order valence-electron chi connectivity index (χ2n) is 5.27. The maximum Gasteiger partial charge on any atom is 0.303 e. The Morgan fingerprint density at radius 1 is 1.30 bits per heavy atom. The molecule has 0 aliphatic carbocycles. The number of nitrogens with zero attached hydrogens (tertiary/aromatic N) is 1. The molecule has 1 heterocycles. The summed E-state index contributed by atoms with van der Waals surface area (Å²) < 4.78 is 12.9. The average Bonchev–Trinajstić information content (AvgIpc) is 2.79. The second-order valence-corrected chi connectivity index (χ2v) is 5.27. The molecule has 108 valence electrons. The Morgan fingerprint density at radius 3 is 2.55 bits per heavy atom. The quantitative estimate of drug-likeness (QED) is 0.920. The summed E-state index contributed by atoms with van der Waals surface area (Å²) in [5, 5.41) is 8.62. The Labute approximate surface area is 117 Å². The van der Waals surface area contributed by atoms with Crippen molar-refractivity contribution in [2.45, 2.75) is 38.1 Å². The Balaban J connectivity index is 1.99. The van der Waals surface area contributed by atoms with Crippen molar-refractivity contribution < 1.29 is 19.1 Å². The van der Waals surface area contributed by atoms with Crippen molar-refractivity contribution >= 4 is 11.9 Å². The first-order valence-electron chi connectivity index (χ1n) is 6.74. The van der Waals surface area contributed by atoms with Crippen LogP contribution in [-0.2, 0) is 9.59 Å². The number of carbonyl (C=O) groups is 2. The molecule has 0 radical (unpaired) electrons. The van der Waals surface area contributed by atoms with Crippen LogP contribution in [0.3, 0.4) is 0 Å². The molecule has 0 bridgehead atoms. The van der Waals surface area contributed by atoms with Crippen LogP contribution in [0.2, 0.25) is 0 Å². The molecule has 1 aliphatic rings. The highest BCUT2D eigenvalue weighted by molar-refractivity contribution is 5.81. The van der Waals surface area contributed by atoms with Gasteiger partial charge in [0.25, 0.3) is 0 Å². The molecule has 1 aliphatic heterocycles. The highest BCUT2D eigenvalue weighted by Crippen LogP contribution is 2.32. The minimum Gasteiger partial charge on any atom is -0.481 e. The number of hydrogen-bond acceptors (Lipinski definition) is 2. The molecule has 1 N–H and O–H groups in total. The minimum atomic E-state index is -0.958. The Morgan fingerprint density at radius 2 is 1.95 bits per heavy atom. The third-order valence-corrected chi connectivity index (χ3v) is 3.79. The molecular weight excluding hydrogens is 261 g/mol. The lowest BCUT2D eigenvalue weighted by Crippen LogP contribution is -2.34. The summed E-state index contributed by atoms with van der Waals surface area (Å²) >= 11 is 0. The van der Waals surface area contributed by atoms with Gasteiger partial charge < -0.3 is 10.0 Å². The van der Waals surface area contributed by atoms with E-state index in [1.807, 2.05) is 6.92 Å². The van der Waals surface area contributed by atoms with Crippen LogP contribution in [0.25, 0.3) is 0 Å². The van der Waals surface area contributed by atoms with Crippen LogP contribution in [0.4, 0.5) is 4.39 Å². The van der Waals surface area contributed by atoms with Gasteiger partial charge in [-0.1, -0.05) is 12.1 Å². The highest BCUT2D eigenvalue weighted by atomic mass is 19.1. The lowest BCUT2D eigenvalue weighted by atomic mass is 9.97. The minimum absolute atomic E-state index is 0.0375. The summed E-state index contributed by atoms with van der Waals surface area (Å²) in [6.07, 6.45) is 0.726. The average molecular weight is 279 g/mol. The van der Waals surface area contributed by atoms with Gasteiger partial charge in [0.1, 0.15) is 5.82 Å². The van der Waals surface area contributed by atoms with E-state index in [0.717, 1.165) is 12.0 Å². The zero-order valence-corrected chi connectivity index (χ0v) is 11.4. The van der Waals surface area contributed by atoms with E-state index in [1.54, 1.807) is 17.0 Å². The van der Waals surface area contributed by atoms with E-state index in [1.165, 1.54) is 12.1 Å². The van der Waals surface area contributed by atoms with Gasteiger partial charge in [-0.2, -0.15) is 0 Å². The van der Waals surface area contributed by atoms with Crippen LogP contribution in [0.1, 0.15) is 37.7 Å². The fraction of sp³-hybridized carbons (Fsp3) is 0.467. The van der Waals surface area contributed by atoms with Crippen LogP contribution in [-0.4, -0.2) is 34.5 Å². The molecular formula is C15H18FNO3. The van der Waals surface area contributed by atoms with E-state index in [-0.39, 0.29) is 36.5 Å². The number of carbonyl (C=O) groups excluding carboxylic acids is 1. The SMILES string of the molecule is CC1CC(c2ccc(F)cc2)CN1C(=O)CCC(=O)O. The number of hydrogen-bond donors (Lipinski definition) is 1. The monoisotopic (exact) mass is 279 g/mol. The summed E-state index contributed by atoms with van der Waals surface area (Å²) in [4.78, 5) is 24.2. The predicted molar refractivity (Wildman–Crippen MR) is 71.8 cm³/mol. The van der Waals surface area contributed by atoms with Gasteiger partial charge in [0, 0.05) is 24.9 Å². The standard InChI is InChI=1S/C15H18FNO3/c1-10-8-12(11-2-4-13(16)5-3-11)9-17(10)14(18)6-7-15(19)20/h2-5,10,12H,6-9H2,1H3,(H,19,20). The van der Waals surface area contributed by atoms with E-state index in [9.17, 15) is 14.0 Å². The normalized spacial score (nSPS) is 22.0. The van der Waals surface area contributed by atoms with Gasteiger partial charge >= 0.3 is 5.97 Å². The third-order valence-electron chi connectivity index (χ3n) is 3.79. The van der Waals surface area contributed by atoms with Gasteiger partial charge in [0.2, 0.25) is 5.91 Å². The van der Waals surface area contributed by atoms with Crippen molar-refractivity contribution in [1.82, 2.24) is 4.90 Å². The molecule has 2 rings (SSSR count). The fourth-order valence-electron chi connectivity index (χ4n) is 2.71. The molecule has 1 fully saturated rings. The van der Waals surface area contributed by atoms with E-state index < -0.39 is 5.97 Å². The first kappa shape index (κ1) is 14.5. The van der Waals surface area contributed by atoms with Crippen molar-refractivity contribution in [1.29, 1.82) is 0 Å². The lowest BCUT2D eigenvalue weighted by molar-refractivity contribution is -0.141. The maximum atomic E-state index is 12.9. The number of halogens is 1. The first-order chi connectivity index (χ1) is 9.47. The number of carboxylic acid groups (broad SMARTS) is 1. The third kappa shape index (κ3) is 3.35. The summed E-state index contributed by atoms with van der Waals surface area (Å²) in [6, 6.07) is 6.44. The van der Waals surface area contributed by atoms with Crippen LogP contribution < -0.4 is 0 Å². The Kier molecular flexibility index (Phi) is 4.37. The molecule has 0 spiro atoms. The van der Waals surface area contributed by atoms with E-state index in [0.29, 0.717) is 6.54 Å². The fourth-order valence-corrected chi connectivity index (χ4v) is 2.71. The molecule has 1 amide bonds. The molecule has 0 aromatic heterocycles. The summed E-state index contributed by atoms with van der Waals surface area (Å²) in [5.74, 6) is -1.15. The molecule has 1 aromatic rings. The number of aliphatic carboxylic acids is 1. The zero-order chi connectivity index (χ0) is 14.7. The zero-order valence-electron chi connectivity index (χ0n) is 11.4. The van der Waals surface area contributed by atoms with Crippen molar-refractivity contribution in [2.75, 3.05) is 6.54 Å². The number of likely N-dealkylation sites (tertiary alicyclic amines) is 1. The van der Waals surface area contributed by atoms with Crippen LogP contribution >= 0.6 is 0 Å². The van der Waals surface area contributed by atoms with Crippen molar-refractivity contribution in [3.63, 3.8) is 0 Å². The first-order valence-corrected chi connectivity index (χ1v) is 6.74. The smallest absolute Gasteiger partial charge is 0.303 e. The molecule has 0 saturated carbocycles. The number of amides is 1. The van der Waals surface area contributed by atoms with E-state index >= 15 is 0 Å². The van der Waals surface area contributed by atoms with Crippen molar-refractivity contribution in [3.8, 4) is 0 Å². The molecule has 20 heavy (non-hydrogen) atoms.